The van der Waals surface area contributed by atoms with E-state index < -0.39 is 22.8 Å². The van der Waals surface area contributed by atoms with Gasteiger partial charge in [0.25, 0.3) is 11.6 Å². The van der Waals surface area contributed by atoms with Crippen molar-refractivity contribution < 1.29 is 24.0 Å². The maximum atomic E-state index is 12.7. The molecule has 1 atom stereocenters. The van der Waals surface area contributed by atoms with Crippen molar-refractivity contribution >= 4 is 17.6 Å². The van der Waals surface area contributed by atoms with Gasteiger partial charge in [-0.2, -0.15) is 0 Å². The quantitative estimate of drug-likeness (QED) is 0.350. The summed E-state index contributed by atoms with van der Waals surface area (Å²) in [6.45, 7) is 0.297. The van der Waals surface area contributed by atoms with Crippen molar-refractivity contribution in [3.63, 3.8) is 0 Å². The summed E-state index contributed by atoms with van der Waals surface area (Å²) in [5.74, 6) is 1.37. The number of nitro benzene ring substituents is 1. The number of hydrogen-bond acceptors (Lipinski definition) is 6. The molecule has 1 saturated heterocycles. The fraction of sp³-hybridized carbons (Fsp3) is 0.375. The second-order valence-electron chi connectivity index (χ2n) is 5.11. The first-order valence-electron chi connectivity index (χ1n) is 7.23. The average molecular weight is 332 g/mol. The number of ether oxygens (including phenoxy) is 2. The molecule has 1 aliphatic rings. The minimum absolute atomic E-state index is 0.0278. The summed E-state index contributed by atoms with van der Waals surface area (Å²) in [5, 5.41) is 11.2. The summed E-state index contributed by atoms with van der Waals surface area (Å²) in [6.07, 6.45) is 6.18. The SMILES string of the molecule is C#CCOc1ccc([N+](=O)[O-])c(C(=O)N2CCC[C@H]2C(=O)OC)c1. The van der Waals surface area contributed by atoms with Crippen molar-refractivity contribution in [1.29, 1.82) is 0 Å². The Labute approximate surface area is 138 Å². The van der Waals surface area contributed by atoms with Gasteiger partial charge in [-0.15, -0.1) is 6.42 Å². The lowest BCUT2D eigenvalue weighted by atomic mass is 10.1. The van der Waals surface area contributed by atoms with Crippen LogP contribution in [-0.4, -0.2) is 48.0 Å². The molecule has 126 valence electrons. The summed E-state index contributed by atoms with van der Waals surface area (Å²) in [4.78, 5) is 36.4. The van der Waals surface area contributed by atoms with Gasteiger partial charge in [-0.25, -0.2) is 4.79 Å². The molecule has 24 heavy (non-hydrogen) atoms. The molecule has 1 aromatic rings. The molecule has 0 aliphatic carbocycles. The summed E-state index contributed by atoms with van der Waals surface area (Å²) in [6, 6.07) is 3.08. The molecule has 0 unspecified atom stereocenters. The number of carbonyl (C=O) groups excluding carboxylic acids is 2. The third-order valence-electron chi connectivity index (χ3n) is 3.70. The highest BCUT2D eigenvalue weighted by Crippen LogP contribution is 2.28. The van der Waals surface area contributed by atoms with Crippen LogP contribution in [0, 0.1) is 22.5 Å². The summed E-state index contributed by atoms with van der Waals surface area (Å²) in [7, 11) is 1.24. The van der Waals surface area contributed by atoms with Gasteiger partial charge in [0.2, 0.25) is 0 Å². The lowest BCUT2D eigenvalue weighted by molar-refractivity contribution is -0.385. The molecule has 1 aliphatic heterocycles. The van der Waals surface area contributed by atoms with E-state index in [9.17, 15) is 19.7 Å². The molecule has 2 rings (SSSR count). The van der Waals surface area contributed by atoms with Gasteiger partial charge in [-0.05, 0) is 25.0 Å². The standard InChI is InChI=1S/C16H16N2O6/c1-3-9-24-11-6-7-13(18(21)22)12(10-11)15(19)17-8-4-5-14(17)16(20)23-2/h1,6-7,10,14H,4-5,8-9H2,2H3/t14-/m0/s1. The van der Waals surface area contributed by atoms with Crippen LogP contribution in [0.25, 0.3) is 0 Å². The third-order valence-corrected chi connectivity index (χ3v) is 3.70. The molecule has 1 amide bonds. The van der Waals surface area contributed by atoms with Crippen LogP contribution in [0.2, 0.25) is 0 Å². The van der Waals surface area contributed by atoms with E-state index in [-0.39, 0.29) is 23.6 Å². The van der Waals surface area contributed by atoms with Crippen LogP contribution < -0.4 is 4.74 Å². The number of methoxy groups -OCH3 is 1. The Morgan fingerprint density at radius 1 is 1.50 bits per heavy atom. The van der Waals surface area contributed by atoms with E-state index >= 15 is 0 Å². The summed E-state index contributed by atoms with van der Waals surface area (Å²) in [5.41, 5.74) is -0.506. The zero-order valence-corrected chi connectivity index (χ0v) is 13.1. The highest BCUT2D eigenvalue weighted by Gasteiger charge is 2.37. The molecule has 0 N–H and O–H groups in total. The predicted octanol–water partition coefficient (Wildman–Crippen LogP) is 1.38. The zero-order chi connectivity index (χ0) is 17.7. The maximum absolute atomic E-state index is 12.7. The fourth-order valence-electron chi connectivity index (χ4n) is 2.61. The molecular formula is C16H16N2O6. The molecule has 0 spiro atoms. The third kappa shape index (κ3) is 3.46. The van der Waals surface area contributed by atoms with Crippen molar-refractivity contribution in [3.05, 3.63) is 33.9 Å². The number of carbonyl (C=O) groups is 2. The molecule has 1 fully saturated rings. The van der Waals surface area contributed by atoms with Crippen molar-refractivity contribution in [2.24, 2.45) is 0 Å². The second kappa shape index (κ2) is 7.46. The number of hydrogen-bond donors (Lipinski definition) is 0. The number of amides is 1. The van der Waals surface area contributed by atoms with E-state index in [0.717, 1.165) is 0 Å². The van der Waals surface area contributed by atoms with Gasteiger partial charge < -0.3 is 14.4 Å². The molecule has 1 aromatic carbocycles. The van der Waals surface area contributed by atoms with Crippen LogP contribution in [-0.2, 0) is 9.53 Å². The van der Waals surface area contributed by atoms with Crippen molar-refractivity contribution in [2.75, 3.05) is 20.3 Å². The number of rotatable bonds is 5. The number of nitrogens with zero attached hydrogens (tertiary/aromatic N) is 2. The number of esters is 1. The number of benzene rings is 1. The van der Waals surface area contributed by atoms with Gasteiger partial charge in [-0.1, -0.05) is 5.92 Å². The monoisotopic (exact) mass is 332 g/mol. The highest BCUT2D eigenvalue weighted by molar-refractivity contribution is 6.00. The Bertz CT molecular complexity index is 709. The minimum Gasteiger partial charge on any atom is -0.481 e. The smallest absolute Gasteiger partial charge is 0.328 e. The average Bonchev–Trinajstić information content (AvgIpc) is 3.07. The van der Waals surface area contributed by atoms with E-state index in [1.165, 1.54) is 30.2 Å². The first kappa shape index (κ1) is 17.3. The molecule has 0 aromatic heterocycles. The Morgan fingerprint density at radius 2 is 2.25 bits per heavy atom. The largest absolute Gasteiger partial charge is 0.481 e. The van der Waals surface area contributed by atoms with Gasteiger partial charge >= 0.3 is 5.97 Å². The van der Waals surface area contributed by atoms with Crippen LogP contribution in [0.3, 0.4) is 0 Å². The lowest BCUT2D eigenvalue weighted by Crippen LogP contribution is -2.41. The van der Waals surface area contributed by atoms with Gasteiger partial charge in [0.15, 0.2) is 0 Å². The van der Waals surface area contributed by atoms with Gasteiger partial charge in [0.1, 0.15) is 24.0 Å². The Kier molecular flexibility index (Phi) is 5.37. The predicted molar refractivity (Wildman–Crippen MR) is 83.5 cm³/mol. The van der Waals surface area contributed by atoms with Crippen LogP contribution in [0.1, 0.15) is 23.2 Å². The van der Waals surface area contributed by atoms with E-state index in [0.29, 0.717) is 19.4 Å². The van der Waals surface area contributed by atoms with Gasteiger partial charge in [0.05, 0.1) is 12.0 Å². The normalized spacial score (nSPS) is 16.3. The van der Waals surface area contributed by atoms with E-state index in [1.54, 1.807) is 0 Å². The lowest BCUT2D eigenvalue weighted by Gasteiger charge is -2.22. The van der Waals surface area contributed by atoms with Gasteiger partial charge in [-0.3, -0.25) is 14.9 Å². The number of likely N-dealkylation sites (tertiary alicyclic amines) is 1. The van der Waals surface area contributed by atoms with Crippen molar-refractivity contribution in [1.82, 2.24) is 4.90 Å². The van der Waals surface area contributed by atoms with Crippen molar-refractivity contribution in [3.8, 4) is 18.1 Å². The Hall–Kier alpha value is -3.08. The molecular weight excluding hydrogens is 316 g/mol. The molecule has 8 nitrogen and oxygen atoms in total. The maximum Gasteiger partial charge on any atom is 0.328 e. The highest BCUT2D eigenvalue weighted by atomic mass is 16.6. The molecule has 0 saturated carbocycles. The molecule has 1 heterocycles. The van der Waals surface area contributed by atoms with E-state index in [1.807, 2.05) is 0 Å². The zero-order valence-electron chi connectivity index (χ0n) is 13.1. The van der Waals surface area contributed by atoms with E-state index in [2.05, 4.69) is 5.92 Å². The Balaban J connectivity index is 2.37. The summed E-state index contributed by atoms with van der Waals surface area (Å²) >= 11 is 0. The van der Waals surface area contributed by atoms with Crippen LogP contribution >= 0.6 is 0 Å². The first-order chi connectivity index (χ1) is 11.5. The Morgan fingerprint density at radius 3 is 2.88 bits per heavy atom. The minimum atomic E-state index is -0.739. The number of terminal acetylenes is 1. The van der Waals surface area contributed by atoms with Crippen molar-refractivity contribution in [2.45, 2.75) is 18.9 Å². The van der Waals surface area contributed by atoms with Crippen LogP contribution in [0.5, 0.6) is 5.75 Å². The second-order valence-corrected chi connectivity index (χ2v) is 5.11. The number of nitro groups is 1. The summed E-state index contributed by atoms with van der Waals surface area (Å²) < 4.78 is 9.91. The van der Waals surface area contributed by atoms with Crippen LogP contribution in [0.15, 0.2) is 18.2 Å². The van der Waals surface area contributed by atoms with Gasteiger partial charge in [0, 0.05) is 12.6 Å². The van der Waals surface area contributed by atoms with E-state index in [4.69, 9.17) is 15.9 Å². The first-order valence-corrected chi connectivity index (χ1v) is 7.23. The topological polar surface area (TPSA) is 99.0 Å². The fourth-order valence-corrected chi connectivity index (χ4v) is 2.61. The molecule has 8 heteroatoms. The molecule has 0 radical (unpaired) electrons. The van der Waals surface area contributed by atoms with Crippen LogP contribution in [0.4, 0.5) is 5.69 Å². The molecule has 0 bridgehead atoms.